The maximum Gasteiger partial charge on any atom is 0.307 e. The van der Waals surface area contributed by atoms with Crippen LogP contribution in [0.2, 0.25) is 0 Å². The molecule has 0 heterocycles. The third kappa shape index (κ3) is 2.48. The molecule has 5 nitrogen and oxygen atoms in total. The van der Waals surface area contributed by atoms with Crippen LogP contribution in [0, 0.1) is 29.1 Å². The molecule has 3 N–H and O–H groups in total. The minimum absolute atomic E-state index is 0.00142. The maximum atomic E-state index is 12.5. The summed E-state index contributed by atoms with van der Waals surface area (Å²) in [5.74, 6) is -2.00. The summed E-state index contributed by atoms with van der Waals surface area (Å²) in [5.41, 5.74) is -0.193. The van der Waals surface area contributed by atoms with Crippen LogP contribution in [0.1, 0.15) is 32.1 Å². The first-order valence-corrected chi connectivity index (χ1v) is 7.86. The van der Waals surface area contributed by atoms with E-state index in [4.69, 9.17) is 0 Å². The summed E-state index contributed by atoms with van der Waals surface area (Å²) in [5, 5.41) is 21.9. The lowest BCUT2D eigenvalue weighted by atomic mass is 9.81. The van der Waals surface area contributed by atoms with Gasteiger partial charge in [-0.1, -0.05) is 25.0 Å². The van der Waals surface area contributed by atoms with Crippen molar-refractivity contribution in [2.75, 3.05) is 13.2 Å². The second-order valence-electron chi connectivity index (χ2n) is 6.92. The molecule has 3 aliphatic carbocycles. The van der Waals surface area contributed by atoms with Gasteiger partial charge in [-0.3, -0.25) is 9.59 Å². The minimum Gasteiger partial charge on any atom is -0.481 e. The zero-order valence-corrected chi connectivity index (χ0v) is 12.1. The molecule has 2 bridgehead atoms. The van der Waals surface area contributed by atoms with Crippen molar-refractivity contribution in [3.8, 4) is 0 Å². The van der Waals surface area contributed by atoms with E-state index in [-0.39, 0.29) is 29.8 Å². The number of hydrogen-bond donors (Lipinski definition) is 3. The Morgan fingerprint density at radius 1 is 1.14 bits per heavy atom. The number of carbonyl (C=O) groups excluding carboxylic acids is 1. The molecule has 2 fully saturated rings. The largest absolute Gasteiger partial charge is 0.481 e. The molecule has 0 aliphatic heterocycles. The molecule has 3 rings (SSSR count). The Labute approximate surface area is 124 Å². The van der Waals surface area contributed by atoms with E-state index >= 15 is 0 Å². The van der Waals surface area contributed by atoms with Gasteiger partial charge >= 0.3 is 5.97 Å². The number of rotatable bonds is 5. The van der Waals surface area contributed by atoms with E-state index in [1.165, 1.54) is 0 Å². The molecule has 0 aromatic heterocycles. The summed E-state index contributed by atoms with van der Waals surface area (Å²) in [6, 6.07) is 0. The van der Waals surface area contributed by atoms with Gasteiger partial charge in [0.2, 0.25) is 5.91 Å². The summed E-state index contributed by atoms with van der Waals surface area (Å²) < 4.78 is 0. The zero-order chi connectivity index (χ0) is 15.0. The fourth-order valence-corrected chi connectivity index (χ4v) is 4.42. The molecule has 0 radical (unpaired) electrons. The van der Waals surface area contributed by atoms with Crippen molar-refractivity contribution in [3.63, 3.8) is 0 Å². The molecule has 0 aromatic carbocycles. The fourth-order valence-electron chi connectivity index (χ4n) is 4.42. The molecule has 0 aromatic rings. The van der Waals surface area contributed by atoms with Gasteiger partial charge in [-0.05, 0) is 31.1 Å². The quantitative estimate of drug-likeness (QED) is 0.664. The van der Waals surface area contributed by atoms with Gasteiger partial charge in [-0.25, -0.2) is 0 Å². The van der Waals surface area contributed by atoms with Crippen molar-refractivity contribution < 1.29 is 19.8 Å². The van der Waals surface area contributed by atoms with Gasteiger partial charge in [0, 0.05) is 12.0 Å². The first-order valence-electron chi connectivity index (χ1n) is 7.86. The van der Waals surface area contributed by atoms with Crippen molar-refractivity contribution in [2.24, 2.45) is 29.1 Å². The highest BCUT2D eigenvalue weighted by Crippen LogP contribution is 2.48. The van der Waals surface area contributed by atoms with E-state index in [1.54, 1.807) is 0 Å². The Hall–Kier alpha value is -1.36. The van der Waals surface area contributed by atoms with Crippen LogP contribution in [0.5, 0.6) is 0 Å². The summed E-state index contributed by atoms with van der Waals surface area (Å²) >= 11 is 0. The highest BCUT2D eigenvalue weighted by Gasteiger charge is 2.51. The number of carbonyl (C=O) groups is 2. The third-order valence-corrected chi connectivity index (χ3v) is 5.68. The van der Waals surface area contributed by atoms with Gasteiger partial charge in [-0.15, -0.1) is 0 Å². The summed E-state index contributed by atoms with van der Waals surface area (Å²) in [4.78, 5) is 23.9. The zero-order valence-electron chi connectivity index (χ0n) is 12.1. The molecular formula is C16H23NO4. The van der Waals surface area contributed by atoms with Crippen LogP contribution in [-0.2, 0) is 9.59 Å². The van der Waals surface area contributed by atoms with E-state index in [1.807, 2.05) is 12.2 Å². The van der Waals surface area contributed by atoms with Gasteiger partial charge in [0.05, 0.1) is 18.4 Å². The molecule has 0 spiro atoms. The molecule has 1 amide bonds. The van der Waals surface area contributed by atoms with Crippen LogP contribution in [0.25, 0.3) is 0 Å². The van der Waals surface area contributed by atoms with E-state index in [0.29, 0.717) is 6.54 Å². The Bertz CT molecular complexity index is 467. The van der Waals surface area contributed by atoms with Crippen LogP contribution in [0.15, 0.2) is 12.2 Å². The lowest BCUT2D eigenvalue weighted by Crippen LogP contribution is -2.45. The average molecular weight is 293 g/mol. The highest BCUT2D eigenvalue weighted by atomic mass is 16.4. The summed E-state index contributed by atoms with van der Waals surface area (Å²) in [7, 11) is 0. The van der Waals surface area contributed by atoms with Gasteiger partial charge in [0.25, 0.3) is 0 Å². The predicted octanol–water partition coefficient (Wildman–Crippen LogP) is 1.18. The third-order valence-electron chi connectivity index (χ3n) is 5.68. The molecule has 116 valence electrons. The second kappa shape index (κ2) is 5.44. The molecule has 0 saturated heterocycles. The second-order valence-corrected chi connectivity index (χ2v) is 6.92. The number of carboxylic acid groups (broad SMARTS) is 1. The topological polar surface area (TPSA) is 86.6 Å². The predicted molar refractivity (Wildman–Crippen MR) is 76.3 cm³/mol. The molecular weight excluding hydrogens is 270 g/mol. The lowest BCUT2D eigenvalue weighted by Gasteiger charge is -2.29. The van der Waals surface area contributed by atoms with Crippen molar-refractivity contribution in [1.29, 1.82) is 0 Å². The van der Waals surface area contributed by atoms with Crippen LogP contribution >= 0.6 is 0 Å². The number of aliphatic carboxylic acids is 1. The monoisotopic (exact) mass is 293 g/mol. The van der Waals surface area contributed by atoms with Crippen LogP contribution in [0.3, 0.4) is 0 Å². The number of aliphatic hydroxyl groups excluding tert-OH is 1. The summed E-state index contributed by atoms with van der Waals surface area (Å²) in [6.45, 7) is 0.554. The Morgan fingerprint density at radius 3 is 2.33 bits per heavy atom. The maximum absolute atomic E-state index is 12.5. The van der Waals surface area contributed by atoms with Crippen molar-refractivity contribution in [1.82, 2.24) is 5.32 Å². The highest BCUT2D eigenvalue weighted by molar-refractivity contribution is 5.86. The minimum atomic E-state index is -0.871. The van der Waals surface area contributed by atoms with Gasteiger partial charge in [-0.2, -0.15) is 0 Å². The Kier molecular flexibility index (Phi) is 3.78. The van der Waals surface area contributed by atoms with Crippen LogP contribution in [0.4, 0.5) is 0 Å². The standard InChI is InChI=1S/C16H23NO4/c18-9-16(5-1-2-6-16)8-17-14(19)12-10-3-4-11(7-10)13(12)15(20)21/h3-4,10-13,18H,1-2,5-9H2,(H,17,19)(H,20,21)/t10?,11?,12-,13+/m0/s1. The first kappa shape index (κ1) is 14.6. The normalized spacial score (nSPS) is 36.0. The molecule has 21 heavy (non-hydrogen) atoms. The van der Waals surface area contributed by atoms with E-state index < -0.39 is 17.8 Å². The number of fused-ring (bicyclic) bond motifs is 2. The van der Waals surface area contributed by atoms with Crippen molar-refractivity contribution in [2.45, 2.75) is 32.1 Å². The molecule has 3 aliphatic rings. The number of amides is 1. The van der Waals surface area contributed by atoms with Gasteiger partial charge in [0.1, 0.15) is 0 Å². The lowest BCUT2D eigenvalue weighted by molar-refractivity contribution is -0.148. The van der Waals surface area contributed by atoms with Crippen molar-refractivity contribution in [3.05, 3.63) is 12.2 Å². The summed E-state index contributed by atoms with van der Waals surface area (Å²) in [6.07, 6.45) is 8.76. The number of hydrogen-bond acceptors (Lipinski definition) is 3. The SMILES string of the molecule is O=C(O)[C@@H]1C2C=CC(C2)[C@@H]1C(=O)NCC1(CO)CCCC1. The van der Waals surface area contributed by atoms with E-state index in [2.05, 4.69) is 5.32 Å². The number of nitrogens with one attached hydrogen (secondary N) is 1. The van der Waals surface area contributed by atoms with E-state index in [9.17, 15) is 19.8 Å². The van der Waals surface area contributed by atoms with Gasteiger partial charge < -0.3 is 15.5 Å². The fraction of sp³-hybridized carbons (Fsp3) is 0.750. The van der Waals surface area contributed by atoms with Crippen LogP contribution < -0.4 is 5.32 Å². The Morgan fingerprint density at radius 2 is 1.76 bits per heavy atom. The number of allylic oxidation sites excluding steroid dienone is 2. The number of aliphatic hydroxyl groups is 1. The molecule has 4 atom stereocenters. The first-order chi connectivity index (χ1) is 10.1. The van der Waals surface area contributed by atoms with E-state index in [0.717, 1.165) is 32.1 Å². The Balaban J connectivity index is 1.65. The van der Waals surface area contributed by atoms with Crippen molar-refractivity contribution >= 4 is 11.9 Å². The van der Waals surface area contributed by atoms with Gasteiger partial charge in [0.15, 0.2) is 0 Å². The molecule has 2 saturated carbocycles. The molecule has 2 unspecified atom stereocenters. The smallest absolute Gasteiger partial charge is 0.307 e. The number of carboxylic acids is 1. The average Bonchev–Trinajstić information content (AvgIpc) is 3.19. The van der Waals surface area contributed by atoms with Crippen LogP contribution in [-0.4, -0.2) is 35.2 Å². The molecule has 5 heteroatoms.